The number of fused-ring (bicyclic) bond motifs is 2. The molecule has 2 heterocycles. The average Bonchev–Trinajstić information content (AvgIpc) is 2.94. The number of carbonyl (C=O) groups excluding carboxylic acids is 2. The Morgan fingerprint density at radius 2 is 1.59 bits per heavy atom. The van der Waals surface area contributed by atoms with Gasteiger partial charge in [-0.15, -0.1) is 0 Å². The lowest BCUT2D eigenvalue weighted by Crippen LogP contribution is -2.52. The summed E-state index contributed by atoms with van der Waals surface area (Å²) in [5.41, 5.74) is 0.486. The maximum Gasteiger partial charge on any atom is 0.251 e. The Morgan fingerprint density at radius 3 is 2.22 bits per heavy atom. The second kappa shape index (κ2) is 7.99. The molecule has 1 aliphatic carbocycles. The molecule has 0 spiro atoms. The van der Waals surface area contributed by atoms with Crippen LogP contribution in [0.15, 0.2) is 24.3 Å². The highest BCUT2D eigenvalue weighted by atomic mass is 19.1. The smallest absolute Gasteiger partial charge is 0.251 e. The topological polar surface area (TPSA) is 49.4 Å². The second-order valence-corrected chi connectivity index (χ2v) is 8.54. The molecule has 1 saturated carbocycles. The molecule has 2 amide bonds. The molecule has 0 aromatic heterocycles. The van der Waals surface area contributed by atoms with Crippen molar-refractivity contribution in [1.82, 2.24) is 10.2 Å². The van der Waals surface area contributed by atoms with Gasteiger partial charge in [0.1, 0.15) is 5.82 Å². The lowest BCUT2D eigenvalue weighted by Gasteiger charge is -2.40. The van der Waals surface area contributed by atoms with Gasteiger partial charge in [0.15, 0.2) is 0 Å². The van der Waals surface area contributed by atoms with Crippen LogP contribution in [0.5, 0.6) is 0 Å². The molecule has 2 aliphatic heterocycles. The Hall–Kier alpha value is -1.91. The number of benzene rings is 1. The van der Waals surface area contributed by atoms with Crippen molar-refractivity contribution < 1.29 is 14.0 Å². The highest BCUT2D eigenvalue weighted by Crippen LogP contribution is 2.37. The van der Waals surface area contributed by atoms with Crippen molar-refractivity contribution in [3.8, 4) is 0 Å². The molecule has 2 bridgehead atoms. The van der Waals surface area contributed by atoms with E-state index in [0.717, 1.165) is 25.7 Å². The monoisotopic (exact) mass is 372 g/mol. The van der Waals surface area contributed by atoms with Gasteiger partial charge in [0.05, 0.1) is 0 Å². The van der Waals surface area contributed by atoms with Crippen LogP contribution in [0.4, 0.5) is 4.39 Å². The minimum absolute atomic E-state index is 0.0961. The third-order valence-corrected chi connectivity index (χ3v) is 6.65. The number of amides is 2. The number of piperidine rings is 1. The molecule has 4 rings (SSSR count). The zero-order valence-electron chi connectivity index (χ0n) is 15.8. The van der Waals surface area contributed by atoms with Crippen LogP contribution in [0, 0.1) is 11.7 Å². The molecule has 3 atom stereocenters. The number of rotatable bonds is 4. The maximum atomic E-state index is 13.0. The van der Waals surface area contributed by atoms with Crippen molar-refractivity contribution in [1.29, 1.82) is 0 Å². The number of nitrogens with one attached hydrogen (secondary N) is 1. The van der Waals surface area contributed by atoms with Crippen LogP contribution in [0.2, 0.25) is 0 Å². The molecule has 1 aromatic carbocycles. The fourth-order valence-corrected chi connectivity index (χ4v) is 5.32. The van der Waals surface area contributed by atoms with Gasteiger partial charge in [-0.05, 0) is 68.7 Å². The molecule has 1 aromatic rings. The van der Waals surface area contributed by atoms with Gasteiger partial charge in [-0.25, -0.2) is 4.39 Å². The van der Waals surface area contributed by atoms with Gasteiger partial charge in [0.25, 0.3) is 5.91 Å². The first kappa shape index (κ1) is 18.5. The number of carbonyl (C=O) groups is 2. The van der Waals surface area contributed by atoms with E-state index in [1.54, 1.807) is 0 Å². The largest absolute Gasteiger partial charge is 0.349 e. The fraction of sp³-hybridized carbons (Fsp3) is 0.636. The number of hydrogen-bond acceptors (Lipinski definition) is 2. The third kappa shape index (κ3) is 4.17. The van der Waals surface area contributed by atoms with Crippen LogP contribution in [0.3, 0.4) is 0 Å². The summed E-state index contributed by atoms with van der Waals surface area (Å²) >= 11 is 0. The fourth-order valence-electron chi connectivity index (χ4n) is 5.32. The van der Waals surface area contributed by atoms with Crippen molar-refractivity contribution in [2.75, 3.05) is 0 Å². The van der Waals surface area contributed by atoms with E-state index < -0.39 is 0 Å². The standard InChI is InChI=1S/C22H29FN2O2/c23-17-8-6-16(7-9-17)22(27)24-18-13-19-10-11-20(14-18)25(19)21(26)12-15-4-2-1-3-5-15/h6-9,15,18-20H,1-5,10-14H2,(H,24,27)/t18?,19-,20+. The van der Waals surface area contributed by atoms with E-state index in [4.69, 9.17) is 0 Å². The summed E-state index contributed by atoms with van der Waals surface area (Å²) in [7, 11) is 0. The minimum Gasteiger partial charge on any atom is -0.349 e. The van der Waals surface area contributed by atoms with E-state index in [1.807, 2.05) is 0 Å². The first-order chi connectivity index (χ1) is 13.1. The van der Waals surface area contributed by atoms with Crippen molar-refractivity contribution in [3.63, 3.8) is 0 Å². The molecule has 146 valence electrons. The van der Waals surface area contributed by atoms with E-state index in [-0.39, 0.29) is 29.8 Å². The van der Waals surface area contributed by atoms with E-state index in [0.29, 0.717) is 23.8 Å². The highest BCUT2D eigenvalue weighted by molar-refractivity contribution is 5.94. The average molecular weight is 372 g/mol. The number of halogens is 1. The second-order valence-electron chi connectivity index (χ2n) is 8.54. The van der Waals surface area contributed by atoms with Crippen molar-refractivity contribution >= 4 is 11.8 Å². The van der Waals surface area contributed by atoms with E-state index >= 15 is 0 Å². The van der Waals surface area contributed by atoms with Gasteiger partial charge in [0.2, 0.25) is 5.91 Å². The predicted octanol–water partition coefficient (Wildman–Crippen LogP) is 4.05. The quantitative estimate of drug-likeness (QED) is 0.867. The van der Waals surface area contributed by atoms with Gasteiger partial charge in [-0.1, -0.05) is 19.3 Å². The SMILES string of the molecule is O=C(NC1C[C@H]2CC[C@@H](C1)N2C(=O)CC1CCCCC1)c1ccc(F)cc1. The van der Waals surface area contributed by atoms with E-state index in [9.17, 15) is 14.0 Å². The summed E-state index contributed by atoms with van der Waals surface area (Å²) in [6.07, 6.45) is 10.7. The van der Waals surface area contributed by atoms with Gasteiger partial charge in [-0.3, -0.25) is 9.59 Å². The molecular formula is C22H29FN2O2. The van der Waals surface area contributed by atoms with Crippen LogP contribution >= 0.6 is 0 Å². The molecule has 27 heavy (non-hydrogen) atoms. The molecule has 5 heteroatoms. The molecule has 4 nitrogen and oxygen atoms in total. The zero-order chi connectivity index (χ0) is 18.8. The summed E-state index contributed by atoms with van der Waals surface area (Å²) in [4.78, 5) is 27.5. The Labute approximate surface area is 160 Å². The highest BCUT2D eigenvalue weighted by Gasteiger charge is 2.43. The van der Waals surface area contributed by atoms with E-state index in [2.05, 4.69) is 10.2 Å². The van der Waals surface area contributed by atoms with Crippen LogP contribution < -0.4 is 5.32 Å². The van der Waals surface area contributed by atoms with Crippen molar-refractivity contribution in [2.24, 2.45) is 5.92 Å². The summed E-state index contributed by atoms with van der Waals surface area (Å²) in [5, 5.41) is 3.10. The first-order valence-electron chi connectivity index (χ1n) is 10.5. The van der Waals surface area contributed by atoms with Gasteiger partial charge < -0.3 is 10.2 Å². The Bertz CT molecular complexity index is 670. The normalized spacial score (nSPS) is 28.2. The predicted molar refractivity (Wildman–Crippen MR) is 102 cm³/mol. The zero-order valence-corrected chi connectivity index (χ0v) is 15.8. The van der Waals surface area contributed by atoms with Crippen molar-refractivity contribution in [3.05, 3.63) is 35.6 Å². The molecule has 3 aliphatic rings. The first-order valence-corrected chi connectivity index (χ1v) is 10.5. The number of nitrogens with zero attached hydrogens (tertiary/aromatic N) is 1. The molecule has 3 fully saturated rings. The summed E-state index contributed by atoms with van der Waals surface area (Å²) < 4.78 is 13.0. The number of hydrogen-bond donors (Lipinski definition) is 1. The lowest BCUT2D eigenvalue weighted by atomic mass is 9.86. The summed E-state index contributed by atoms with van der Waals surface area (Å²) in [6.45, 7) is 0. The third-order valence-electron chi connectivity index (χ3n) is 6.65. The molecular weight excluding hydrogens is 343 g/mol. The molecule has 2 saturated heterocycles. The van der Waals surface area contributed by atoms with Crippen LogP contribution in [0.25, 0.3) is 0 Å². The van der Waals surface area contributed by atoms with Gasteiger partial charge in [-0.2, -0.15) is 0 Å². The minimum atomic E-state index is -0.339. The van der Waals surface area contributed by atoms with Gasteiger partial charge in [0, 0.05) is 30.1 Å². The lowest BCUT2D eigenvalue weighted by molar-refractivity contribution is -0.137. The van der Waals surface area contributed by atoms with E-state index in [1.165, 1.54) is 56.4 Å². The summed E-state index contributed by atoms with van der Waals surface area (Å²) in [6, 6.07) is 6.27. The molecule has 1 N–H and O–H groups in total. The van der Waals surface area contributed by atoms with Crippen LogP contribution in [-0.4, -0.2) is 34.8 Å². The molecule has 0 radical (unpaired) electrons. The summed E-state index contributed by atoms with van der Waals surface area (Å²) in [5.74, 6) is 0.412. The Morgan fingerprint density at radius 1 is 0.963 bits per heavy atom. The van der Waals surface area contributed by atoms with Crippen LogP contribution in [0.1, 0.15) is 74.6 Å². The molecule has 1 unspecified atom stereocenters. The Kier molecular flexibility index (Phi) is 5.46. The van der Waals surface area contributed by atoms with Crippen LogP contribution in [-0.2, 0) is 4.79 Å². The maximum absolute atomic E-state index is 13.0. The Balaban J connectivity index is 1.33. The van der Waals surface area contributed by atoms with Crippen molar-refractivity contribution in [2.45, 2.75) is 82.3 Å². The van der Waals surface area contributed by atoms with Gasteiger partial charge >= 0.3 is 0 Å².